The van der Waals surface area contributed by atoms with Crippen LogP contribution in [0, 0.1) is 13.8 Å². The molecule has 110 valence electrons. The van der Waals surface area contributed by atoms with Crippen molar-refractivity contribution in [3.05, 3.63) is 41.9 Å². The highest BCUT2D eigenvalue weighted by molar-refractivity contribution is 5.88. The van der Waals surface area contributed by atoms with Crippen molar-refractivity contribution in [3.63, 3.8) is 0 Å². The van der Waals surface area contributed by atoms with Crippen LogP contribution in [-0.4, -0.2) is 36.9 Å². The number of carboxylic acids is 1. The lowest BCUT2D eigenvalue weighted by Gasteiger charge is -2.01. The van der Waals surface area contributed by atoms with Gasteiger partial charge in [0, 0.05) is 31.7 Å². The number of aromatic carboxylic acids is 1. The number of rotatable bonds is 2. The zero-order valence-corrected chi connectivity index (χ0v) is 11.9. The average molecular weight is 289 g/mol. The molecule has 0 aliphatic heterocycles. The lowest BCUT2D eigenvalue weighted by Crippen LogP contribution is -2.09. The van der Waals surface area contributed by atoms with E-state index in [-0.39, 0.29) is 11.6 Å². The Hall–Kier alpha value is -2.90. The minimum Gasteiger partial charge on any atom is -0.476 e. The van der Waals surface area contributed by atoms with Gasteiger partial charge in [0.05, 0.1) is 11.4 Å². The van der Waals surface area contributed by atoms with E-state index in [4.69, 9.17) is 5.11 Å². The summed E-state index contributed by atoms with van der Waals surface area (Å²) in [6.07, 6.45) is 5.94. The topological polar surface area (TPSA) is 118 Å². The van der Waals surface area contributed by atoms with Gasteiger partial charge >= 0.3 is 5.97 Å². The summed E-state index contributed by atoms with van der Waals surface area (Å²) in [5, 5.41) is 11.0. The molecule has 21 heavy (non-hydrogen) atoms. The maximum absolute atomic E-state index is 10.6. The third kappa shape index (κ3) is 5.31. The summed E-state index contributed by atoms with van der Waals surface area (Å²) in [6.45, 7) is 4.84. The van der Waals surface area contributed by atoms with E-state index in [1.165, 1.54) is 25.5 Å². The number of carboxylic acid groups (broad SMARTS) is 1. The van der Waals surface area contributed by atoms with Gasteiger partial charge in [0.2, 0.25) is 5.91 Å². The normalized spacial score (nSPS) is 9.29. The molecule has 2 N–H and O–H groups in total. The molecule has 0 aromatic carbocycles. The van der Waals surface area contributed by atoms with Crippen molar-refractivity contribution in [3.8, 4) is 0 Å². The number of amides is 1. The molecule has 0 fully saturated rings. The van der Waals surface area contributed by atoms with E-state index < -0.39 is 5.97 Å². The third-order valence-electron chi connectivity index (χ3n) is 2.26. The lowest BCUT2D eigenvalue weighted by atomic mass is 10.3. The van der Waals surface area contributed by atoms with Crippen molar-refractivity contribution in [1.82, 2.24) is 19.9 Å². The fourth-order valence-electron chi connectivity index (χ4n) is 1.31. The van der Waals surface area contributed by atoms with E-state index in [1.807, 2.05) is 0 Å². The van der Waals surface area contributed by atoms with Gasteiger partial charge in [-0.1, -0.05) is 0 Å². The van der Waals surface area contributed by atoms with Gasteiger partial charge in [0.15, 0.2) is 11.5 Å². The van der Waals surface area contributed by atoms with Crippen LogP contribution in [0.1, 0.15) is 28.8 Å². The molecule has 0 spiro atoms. The SMILES string of the molecule is CC(=O)Nc1nccnc1C.Cc1nccnc1C(=O)O. The van der Waals surface area contributed by atoms with E-state index in [0.29, 0.717) is 11.5 Å². The molecule has 8 nitrogen and oxygen atoms in total. The van der Waals surface area contributed by atoms with Crippen LogP contribution in [0.3, 0.4) is 0 Å². The van der Waals surface area contributed by atoms with Crippen LogP contribution in [0.5, 0.6) is 0 Å². The second kappa shape index (κ2) is 7.63. The molecular formula is C13H15N5O3. The van der Waals surface area contributed by atoms with Crippen LogP contribution >= 0.6 is 0 Å². The molecule has 0 atom stereocenters. The van der Waals surface area contributed by atoms with Crippen molar-refractivity contribution in [2.75, 3.05) is 5.32 Å². The van der Waals surface area contributed by atoms with Crippen LogP contribution < -0.4 is 5.32 Å². The van der Waals surface area contributed by atoms with Crippen molar-refractivity contribution in [2.24, 2.45) is 0 Å². The molecule has 0 bridgehead atoms. The van der Waals surface area contributed by atoms with E-state index in [9.17, 15) is 9.59 Å². The van der Waals surface area contributed by atoms with E-state index >= 15 is 0 Å². The molecule has 2 heterocycles. The van der Waals surface area contributed by atoms with Gasteiger partial charge in [0.25, 0.3) is 0 Å². The summed E-state index contributed by atoms with van der Waals surface area (Å²) in [4.78, 5) is 36.2. The van der Waals surface area contributed by atoms with Crippen molar-refractivity contribution < 1.29 is 14.7 Å². The molecule has 0 aliphatic rings. The Morgan fingerprint density at radius 2 is 1.48 bits per heavy atom. The quantitative estimate of drug-likeness (QED) is 0.853. The Bertz CT molecular complexity index is 645. The molecule has 2 aromatic heterocycles. The first-order valence-corrected chi connectivity index (χ1v) is 5.98. The first-order chi connectivity index (χ1) is 9.91. The van der Waals surface area contributed by atoms with Crippen LogP contribution in [0.25, 0.3) is 0 Å². The van der Waals surface area contributed by atoms with Gasteiger partial charge in [0.1, 0.15) is 0 Å². The smallest absolute Gasteiger partial charge is 0.356 e. The third-order valence-corrected chi connectivity index (χ3v) is 2.26. The minimum absolute atomic E-state index is 0.0162. The second-order valence-corrected chi connectivity index (χ2v) is 3.97. The largest absolute Gasteiger partial charge is 0.476 e. The van der Waals surface area contributed by atoms with Gasteiger partial charge in [-0.2, -0.15) is 0 Å². The lowest BCUT2D eigenvalue weighted by molar-refractivity contribution is -0.114. The highest BCUT2D eigenvalue weighted by Crippen LogP contribution is 2.04. The van der Waals surface area contributed by atoms with Crippen LogP contribution in [-0.2, 0) is 4.79 Å². The number of carbonyl (C=O) groups excluding carboxylic acids is 1. The minimum atomic E-state index is -1.04. The van der Waals surface area contributed by atoms with Gasteiger partial charge in [-0.05, 0) is 13.8 Å². The Morgan fingerprint density at radius 3 is 1.90 bits per heavy atom. The van der Waals surface area contributed by atoms with Crippen LogP contribution in [0.15, 0.2) is 24.8 Å². The number of nitrogens with one attached hydrogen (secondary N) is 1. The zero-order chi connectivity index (χ0) is 15.8. The Labute approximate surface area is 121 Å². The van der Waals surface area contributed by atoms with Gasteiger partial charge in [-0.15, -0.1) is 0 Å². The Kier molecular flexibility index (Phi) is 5.87. The fraction of sp³-hybridized carbons (Fsp3) is 0.231. The predicted molar refractivity (Wildman–Crippen MR) is 74.8 cm³/mol. The van der Waals surface area contributed by atoms with Gasteiger partial charge < -0.3 is 10.4 Å². The van der Waals surface area contributed by atoms with Crippen molar-refractivity contribution in [2.45, 2.75) is 20.8 Å². The molecule has 0 aliphatic carbocycles. The summed E-state index contributed by atoms with van der Waals surface area (Å²) < 4.78 is 0. The molecule has 1 amide bonds. The Morgan fingerprint density at radius 1 is 0.952 bits per heavy atom. The van der Waals surface area contributed by atoms with Crippen molar-refractivity contribution in [1.29, 1.82) is 0 Å². The van der Waals surface area contributed by atoms with E-state index in [1.54, 1.807) is 20.0 Å². The monoisotopic (exact) mass is 289 g/mol. The van der Waals surface area contributed by atoms with E-state index in [2.05, 4.69) is 25.3 Å². The molecule has 0 saturated carbocycles. The number of anilines is 1. The number of aromatic nitrogens is 4. The summed E-state index contributed by atoms with van der Waals surface area (Å²) in [6, 6.07) is 0. The predicted octanol–water partition coefficient (Wildman–Crippen LogP) is 1.23. The number of aryl methyl sites for hydroxylation is 2. The average Bonchev–Trinajstić information content (AvgIpc) is 2.42. The molecule has 0 unspecified atom stereocenters. The summed E-state index contributed by atoms with van der Waals surface area (Å²) in [7, 11) is 0. The van der Waals surface area contributed by atoms with Crippen LogP contribution in [0.4, 0.5) is 5.82 Å². The summed E-state index contributed by atoms with van der Waals surface area (Å²) in [5.41, 5.74) is 1.18. The first-order valence-electron chi connectivity index (χ1n) is 5.98. The molecule has 2 aromatic rings. The maximum atomic E-state index is 10.6. The Balaban J connectivity index is 0.000000211. The zero-order valence-electron chi connectivity index (χ0n) is 11.9. The molecule has 8 heteroatoms. The standard InChI is InChI=1S/C7H9N3O.C6H6N2O2/c1-5-7(10-6(2)11)9-4-3-8-5;1-4-5(6(9)10)8-3-2-7-4/h3-4H,1-2H3,(H,9,10,11);2-3H,1H3,(H,9,10). The number of hydrogen-bond acceptors (Lipinski definition) is 6. The van der Waals surface area contributed by atoms with Crippen LogP contribution in [0.2, 0.25) is 0 Å². The van der Waals surface area contributed by atoms with Gasteiger partial charge in [-0.25, -0.2) is 14.8 Å². The highest BCUT2D eigenvalue weighted by atomic mass is 16.4. The summed E-state index contributed by atoms with van der Waals surface area (Å²) in [5.74, 6) is -0.640. The number of nitrogens with zero attached hydrogens (tertiary/aromatic N) is 4. The first kappa shape index (κ1) is 16.2. The highest BCUT2D eigenvalue weighted by Gasteiger charge is 2.06. The maximum Gasteiger partial charge on any atom is 0.356 e. The number of carbonyl (C=O) groups is 2. The summed E-state index contributed by atoms with van der Waals surface area (Å²) >= 11 is 0. The fourth-order valence-corrected chi connectivity index (χ4v) is 1.31. The molecule has 0 saturated heterocycles. The molecule has 0 radical (unpaired) electrons. The molecular weight excluding hydrogens is 274 g/mol. The second-order valence-electron chi connectivity index (χ2n) is 3.97. The van der Waals surface area contributed by atoms with Gasteiger partial charge in [-0.3, -0.25) is 14.8 Å². The van der Waals surface area contributed by atoms with Crippen molar-refractivity contribution >= 4 is 17.7 Å². The van der Waals surface area contributed by atoms with E-state index in [0.717, 1.165) is 5.69 Å². The number of hydrogen-bond donors (Lipinski definition) is 2. The molecule has 2 rings (SSSR count).